The molecule has 1 aromatic heterocycles. The van der Waals surface area contributed by atoms with Crippen molar-refractivity contribution in [3.63, 3.8) is 0 Å². The average Bonchev–Trinajstić information content (AvgIpc) is 3.05. The van der Waals surface area contributed by atoms with Crippen molar-refractivity contribution in [2.75, 3.05) is 41.4 Å². The molecular weight excluding hydrogens is 678 g/mol. The number of nitrogens with one attached hydrogen (secondary N) is 6. The first-order valence-electron chi connectivity index (χ1n) is 15.6. The molecular formula is C30H39N9O12. The van der Waals surface area contributed by atoms with Crippen molar-refractivity contribution in [2.24, 2.45) is 0 Å². The summed E-state index contributed by atoms with van der Waals surface area (Å²) in [7, 11) is 1.75. The predicted octanol–water partition coefficient (Wildman–Crippen LogP) is -1.56. The number of rotatable bonds is 19. The number of carbonyl (C=O) groups is 7. The molecule has 0 saturated carbocycles. The summed E-state index contributed by atoms with van der Waals surface area (Å²) in [5.74, 6) is -7.84. The number of nitrogens with zero attached hydrogens (tertiary/aromatic N) is 2. The number of anilines is 4. The number of amides is 3. The quantitative estimate of drug-likeness (QED) is 0.0782. The molecule has 1 aliphatic heterocycles. The van der Waals surface area contributed by atoms with Crippen LogP contribution in [-0.4, -0.2) is 116 Å². The molecule has 51 heavy (non-hydrogen) atoms. The van der Waals surface area contributed by atoms with Crippen molar-refractivity contribution in [2.45, 2.75) is 62.7 Å². The van der Waals surface area contributed by atoms with Gasteiger partial charge in [-0.05, 0) is 43.5 Å². The van der Waals surface area contributed by atoms with Gasteiger partial charge in [0.2, 0.25) is 17.8 Å². The van der Waals surface area contributed by atoms with Crippen LogP contribution in [0.15, 0.2) is 29.1 Å². The number of likely N-dealkylation sites (N-methyl/N-ethyl adjacent to an activating group) is 1. The van der Waals surface area contributed by atoms with Crippen LogP contribution in [0, 0.1) is 0 Å². The van der Waals surface area contributed by atoms with Crippen LogP contribution in [0.3, 0.4) is 0 Å². The highest BCUT2D eigenvalue weighted by atomic mass is 16.4. The third kappa shape index (κ3) is 11.6. The van der Waals surface area contributed by atoms with Gasteiger partial charge in [-0.3, -0.25) is 29.0 Å². The second kappa shape index (κ2) is 17.8. The number of benzene rings is 1. The summed E-state index contributed by atoms with van der Waals surface area (Å²) in [5, 5.41) is 49.8. The monoisotopic (exact) mass is 717 g/mol. The number of aromatic amines is 1. The Labute approximate surface area is 289 Å². The molecule has 0 fully saturated rings. The van der Waals surface area contributed by atoms with Crippen LogP contribution in [0.2, 0.25) is 0 Å². The van der Waals surface area contributed by atoms with Gasteiger partial charge in [-0.25, -0.2) is 14.4 Å². The lowest BCUT2D eigenvalue weighted by atomic mass is 10.1. The van der Waals surface area contributed by atoms with E-state index >= 15 is 0 Å². The Kier molecular flexibility index (Phi) is 13.6. The van der Waals surface area contributed by atoms with E-state index in [-0.39, 0.29) is 23.1 Å². The number of carboxylic acids is 4. The normalized spacial score (nSPS) is 15.2. The number of H-pyrrole nitrogens is 1. The third-order valence-electron chi connectivity index (χ3n) is 7.84. The summed E-state index contributed by atoms with van der Waals surface area (Å²) in [6.07, 6.45) is -2.80. The van der Waals surface area contributed by atoms with Gasteiger partial charge in [-0.1, -0.05) is 0 Å². The number of carboxylic acid groups (broad SMARTS) is 4. The molecule has 4 atom stereocenters. The molecule has 3 amide bonds. The van der Waals surface area contributed by atoms with E-state index in [1.807, 2.05) is 0 Å². The van der Waals surface area contributed by atoms with E-state index in [0.717, 1.165) is 0 Å². The van der Waals surface area contributed by atoms with E-state index in [9.17, 15) is 48.6 Å². The Balaban J connectivity index is 1.48. The highest BCUT2D eigenvalue weighted by Crippen LogP contribution is 2.25. The van der Waals surface area contributed by atoms with Gasteiger partial charge in [0.15, 0.2) is 5.82 Å². The maximum absolute atomic E-state index is 12.8. The number of hydrogen-bond acceptors (Lipinski definition) is 13. The maximum atomic E-state index is 12.8. The highest BCUT2D eigenvalue weighted by molar-refractivity contribution is 5.97. The Hall–Kier alpha value is -6.41. The fraction of sp³-hybridized carbons (Fsp3) is 0.433. The van der Waals surface area contributed by atoms with Crippen LogP contribution in [-0.2, 0) is 28.8 Å². The number of aliphatic carboxylic acids is 4. The second-order valence-corrected chi connectivity index (χ2v) is 11.5. The van der Waals surface area contributed by atoms with E-state index in [1.165, 1.54) is 12.1 Å². The zero-order valence-electron chi connectivity index (χ0n) is 27.3. The summed E-state index contributed by atoms with van der Waals surface area (Å²) in [6, 6.07) is 1.35. The minimum atomic E-state index is -1.58. The van der Waals surface area contributed by atoms with E-state index in [0.29, 0.717) is 30.3 Å². The molecule has 3 rings (SSSR count). The summed E-state index contributed by atoms with van der Waals surface area (Å²) in [5.41, 5.74) is 6.31. The predicted molar refractivity (Wildman–Crippen MR) is 178 cm³/mol. The van der Waals surface area contributed by atoms with Crippen molar-refractivity contribution in [1.82, 2.24) is 25.9 Å². The number of aromatic nitrogens is 2. The number of nitrogen functional groups attached to an aromatic ring is 1. The van der Waals surface area contributed by atoms with Gasteiger partial charge in [0.05, 0.1) is 6.04 Å². The van der Waals surface area contributed by atoms with Gasteiger partial charge >= 0.3 is 23.9 Å². The van der Waals surface area contributed by atoms with Gasteiger partial charge in [0.1, 0.15) is 23.8 Å². The standard InChI is InChI=1S/C30H39N9O12/c1-39-16(13-33-24-23(39)26(45)38-30(31)37-24)12-32-15-4-2-14(3-5-15)25(44)36-19(29(50)51)7-10-21(41)34-17(27(46)47)6-9-20(40)35-18(28(48)49)8-11-22(42)43/h2-5,16-19,32H,6-13H2,1H3,(H,34,41)(H,35,40)(H,36,44)(H,42,43)(H,46,47)(H,48,49)(H,50,51)(H4,31,33,37,38,45). The van der Waals surface area contributed by atoms with Crippen LogP contribution in [0.1, 0.15) is 48.9 Å². The van der Waals surface area contributed by atoms with Crippen molar-refractivity contribution in [3.8, 4) is 0 Å². The highest BCUT2D eigenvalue weighted by Gasteiger charge is 2.28. The van der Waals surface area contributed by atoms with Gasteiger partial charge in [-0.15, -0.1) is 0 Å². The average molecular weight is 718 g/mol. The molecule has 21 nitrogen and oxygen atoms in total. The summed E-state index contributed by atoms with van der Waals surface area (Å²) < 4.78 is 0. The minimum Gasteiger partial charge on any atom is -0.481 e. The fourth-order valence-electron chi connectivity index (χ4n) is 5.02. The van der Waals surface area contributed by atoms with Crippen molar-refractivity contribution >= 4 is 64.7 Å². The molecule has 1 aliphatic rings. The molecule has 0 aliphatic carbocycles. The Bertz CT molecular complexity index is 1700. The Morgan fingerprint density at radius 1 is 0.843 bits per heavy atom. The zero-order valence-corrected chi connectivity index (χ0v) is 27.3. The SMILES string of the molecule is CN1c2c(nc(N)[nH]c2=O)NCC1CNc1ccc(C(=O)NC(CCC(=O)NC(CCC(=O)NC(CCC(=O)O)C(=O)O)C(=O)O)C(=O)O)cc1. The van der Waals surface area contributed by atoms with Crippen LogP contribution in [0.5, 0.6) is 0 Å². The minimum absolute atomic E-state index is 0.00437. The zero-order chi connectivity index (χ0) is 37.8. The second-order valence-electron chi connectivity index (χ2n) is 11.5. The van der Waals surface area contributed by atoms with Crippen molar-refractivity contribution in [1.29, 1.82) is 0 Å². The lowest BCUT2D eigenvalue weighted by Crippen LogP contribution is -2.48. The molecule has 2 aromatic rings. The summed E-state index contributed by atoms with van der Waals surface area (Å²) in [4.78, 5) is 104. The van der Waals surface area contributed by atoms with Gasteiger partial charge in [-0.2, -0.15) is 4.98 Å². The number of nitrogens with two attached hydrogens (primary N) is 1. The lowest BCUT2D eigenvalue weighted by molar-refractivity contribution is -0.144. The molecule has 0 saturated heterocycles. The molecule has 276 valence electrons. The fourth-order valence-corrected chi connectivity index (χ4v) is 5.02. The topological polar surface area (TPSA) is 336 Å². The molecule has 2 heterocycles. The Morgan fingerprint density at radius 2 is 1.35 bits per heavy atom. The van der Waals surface area contributed by atoms with E-state index < -0.39 is 98.2 Å². The largest absolute Gasteiger partial charge is 0.481 e. The van der Waals surface area contributed by atoms with Gasteiger partial charge in [0, 0.05) is 50.7 Å². The van der Waals surface area contributed by atoms with E-state index in [2.05, 4.69) is 36.6 Å². The Morgan fingerprint density at radius 3 is 1.86 bits per heavy atom. The van der Waals surface area contributed by atoms with Crippen molar-refractivity contribution < 1.29 is 54.0 Å². The molecule has 4 unspecified atom stereocenters. The lowest BCUT2D eigenvalue weighted by Gasteiger charge is -2.35. The van der Waals surface area contributed by atoms with Crippen LogP contribution < -0.4 is 42.8 Å². The first-order chi connectivity index (χ1) is 24.0. The molecule has 1 aromatic carbocycles. The first-order valence-corrected chi connectivity index (χ1v) is 15.6. The number of fused-ring (bicyclic) bond motifs is 1. The van der Waals surface area contributed by atoms with Crippen molar-refractivity contribution in [3.05, 3.63) is 40.2 Å². The molecule has 12 N–H and O–H groups in total. The van der Waals surface area contributed by atoms with E-state index in [4.69, 9.17) is 15.9 Å². The van der Waals surface area contributed by atoms with Crippen LogP contribution in [0.4, 0.5) is 23.1 Å². The van der Waals surface area contributed by atoms with Gasteiger partial charge < -0.3 is 57.6 Å². The summed E-state index contributed by atoms with van der Waals surface area (Å²) in [6.45, 7) is 0.860. The molecule has 21 heteroatoms. The molecule has 0 spiro atoms. The van der Waals surface area contributed by atoms with Crippen LogP contribution in [0.25, 0.3) is 0 Å². The first kappa shape index (κ1) is 39.0. The van der Waals surface area contributed by atoms with Gasteiger partial charge in [0.25, 0.3) is 11.5 Å². The molecule has 0 bridgehead atoms. The number of carbonyl (C=O) groups excluding carboxylic acids is 3. The number of hydrogen-bond donors (Lipinski definition) is 11. The van der Waals surface area contributed by atoms with Crippen LogP contribution >= 0.6 is 0 Å². The summed E-state index contributed by atoms with van der Waals surface area (Å²) >= 11 is 0. The third-order valence-corrected chi connectivity index (χ3v) is 7.84. The smallest absolute Gasteiger partial charge is 0.326 e. The maximum Gasteiger partial charge on any atom is 0.326 e. The van der Waals surface area contributed by atoms with E-state index in [1.54, 1.807) is 24.1 Å². The molecule has 0 radical (unpaired) electrons.